The van der Waals surface area contributed by atoms with Crippen molar-refractivity contribution in [2.24, 2.45) is 5.92 Å². The molecule has 0 saturated heterocycles. The summed E-state index contributed by atoms with van der Waals surface area (Å²) in [5.41, 5.74) is 0.446. The number of rotatable bonds is 8. The number of benzene rings is 1. The highest BCUT2D eigenvalue weighted by Gasteiger charge is 2.18. The molecule has 142 valence electrons. The quantitative estimate of drug-likeness (QED) is 0.610. The van der Waals surface area contributed by atoms with Crippen molar-refractivity contribution in [1.82, 2.24) is 10.3 Å². The molecule has 1 aromatic carbocycles. The lowest BCUT2D eigenvalue weighted by Gasteiger charge is -2.19. The molecule has 2 aromatic rings. The second-order valence-electron chi connectivity index (χ2n) is 5.98. The predicted molar refractivity (Wildman–Crippen MR) is 102 cm³/mol. The van der Waals surface area contributed by atoms with Gasteiger partial charge in [-0.2, -0.15) is 0 Å². The van der Waals surface area contributed by atoms with Gasteiger partial charge in [-0.05, 0) is 30.2 Å². The first-order valence-electron chi connectivity index (χ1n) is 7.84. The number of nitrogens with zero attached hydrogens (tertiary/aromatic N) is 1. The van der Waals surface area contributed by atoms with E-state index in [4.69, 9.17) is 11.6 Å². The van der Waals surface area contributed by atoms with Crippen LogP contribution in [0.3, 0.4) is 0 Å². The minimum atomic E-state index is -3.77. The molecule has 1 aromatic heterocycles. The van der Waals surface area contributed by atoms with Crippen LogP contribution in [0.4, 0.5) is 5.13 Å². The maximum absolute atomic E-state index is 12.3. The number of aliphatic hydroxyl groups excluding tert-OH is 1. The van der Waals surface area contributed by atoms with Crippen LogP contribution < -0.4 is 10.0 Å². The molecule has 0 unspecified atom stereocenters. The molecule has 0 fully saturated rings. The van der Waals surface area contributed by atoms with Gasteiger partial charge in [0.15, 0.2) is 5.13 Å². The van der Waals surface area contributed by atoms with Crippen molar-refractivity contribution in [2.75, 3.05) is 11.3 Å². The number of halogens is 1. The molecule has 3 N–H and O–H groups in total. The average Bonchev–Trinajstić information content (AvgIpc) is 2.98. The number of nitrogens with one attached hydrogen (secondary N) is 2. The summed E-state index contributed by atoms with van der Waals surface area (Å²) >= 11 is 6.85. The third-order valence-electron chi connectivity index (χ3n) is 3.59. The van der Waals surface area contributed by atoms with Crippen LogP contribution >= 0.6 is 22.9 Å². The van der Waals surface area contributed by atoms with Crippen LogP contribution in [0, 0.1) is 5.92 Å². The molecule has 1 amide bonds. The Morgan fingerprint density at radius 1 is 1.31 bits per heavy atom. The average molecular weight is 418 g/mol. The number of carbonyl (C=O) groups is 1. The summed E-state index contributed by atoms with van der Waals surface area (Å²) in [7, 11) is -3.77. The topological polar surface area (TPSA) is 108 Å². The van der Waals surface area contributed by atoms with Crippen molar-refractivity contribution >= 4 is 44.0 Å². The molecule has 1 heterocycles. The van der Waals surface area contributed by atoms with Gasteiger partial charge in [-0.1, -0.05) is 25.4 Å². The Morgan fingerprint density at radius 2 is 1.96 bits per heavy atom. The molecule has 0 aliphatic heterocycles. The van der Waals surface area contributed by atoms with Crippen molar-refractivity contribution in [3.05, 3.63) is 40.4 Å². The number of aliphatic hydroxyl groups is 1. The van der Waals surface area contributed by atoms with Gasteiger partial charge in [0.25, 0.3) is 10.0 Å². The lowest BCUT2D eigenvalue weighted by atomic mass is 10.1. The Hall–Kier alpha value is -1.68. The van der Waals surface area contributed by atoms with Crippen LogP contribution in [0.2, 0.25) is 5.02 Å². The fourth-order valence-corrected chi connectivity index (χ4v) is 4.16. The van der Waals surface area contributed by atoms with Crippen molar-refractivity contribution in [3.63, 3.8) is 0 Å². The highest BCUT2D eigenvalue weighted by Crippen LogP contribution is 2.21. The molecular formula is C16H20ClN3O4S2. The SMILES string of the molecule is CC(C)[C@H](CO)NC(=O)Cc1csc(NS(=O)(=O)c2ccc(Cl)cc2)n1. The molecule has 2 rings (SSSR count). The lowest BCUT2D eigenvalue weighted by molar-refractivity contribution is -0.121. The van der Waals surface area contributed by atoms with E-state index in [1.54, 1.807) is 5.38 Å². The first-order valence-corrected chi connectivity index (χ1v) is 10.6. The molecule has 0 aliphatic carbocycles. The van der Waals surface area contributed by atoms with E-state index in [1.165, 1.54) is 24.3 Å². The summed E-state index contributed by atoms with van der Waals surface area (Å²) in [6, 6.07) is 5.44. The third kappa shape index (κ3) is 5.66. The number of thiazole rings is 1. The highest BCUT2D eigenvalue weighted by molar-refractivity contribution is 7.93. The normalized spacial score (nSPS) is 12.8. The number of sulfonamides is 1. The lowest BCUT2D eigenvalue weighted by Crippen LogP contribution is -2.41. The minimum absolute atomic E-state index is 0.00237. The van der Waals surface area contributed by atoms with Gasteiger partial charge in [-0.25, -0.2) is 13.4 Å². The van der Waals surface area contributed by atoms with E-state index in [1.807, 2.05) is 13.8 Å². The fraction of sp³-hybridized carbons (Fsp3) is 0.375. The smallest absolute Gasteiger partial charge is 0.263 e. The van der Waals surface area contributed by atoms with E-state index in [9.17, 15) is 18.3 Å². The summed E-state index contributed by atoms with van der Waals surface area (Å²) in [6.07, 6.45) is 0.00237. The van der Waals surface area contributed by atoms with Crippen LogP contribution in [-0.4, -0.2) is 37.1 Å². The maximum Gasteiger partial charge on any atom is 0.263 e. The van der Waals surface area contributed by atoms with Crippen molar-refractivity contribution in [3.8, 4) is 0 Å². The van der Waals surface area contributed by atoms with Gasteiger partial charge in [0, 0.05) is 10.4 Å². The molecule has 0 aliphatic rings. The first-order chi connectivity index (χ1) is 12.2. The molecular weight excluding hydrogens is 398 g/mol. The standard InChI is InChI=1S/C16H20ClN3O4S2/c1-10(2)14(8-21)19-15(22)7-12-9-25-16(18-12)20-26(23,24)13-5-3-11(17)4-6-13/h3-6,9-10,14,21H,7-8H2,1-2H3,(H,18,20)(H,19,22)/t14-/m0/s1. The molecule has 0 bridgehead atoms. The fourth-order valence-electron chi connectivity index (χ4n) is 2.07. The molecule has 7 nitrogen and oxygen atoms in total. The van der Waals surface area contributed by atoms with Crippen molar-refractivity contribution in [2.45, 2.75) is 31.2 Å². The van der Waals surface area contributed by atoms with Gasteiger partial charge in [-0.15, -0.1) is 11.3 Å². The number of hydrogen-bond donors (Lipinski definition) is 3. The van der Waals surface area contributed by atoms with Crippen LogP contribution in [0.15, 0.2) is 34.5 Å². The predicted octanol–water partition coefficient (Wildman–Crippen LogP) is 2.27. The van der Waals surface area contributed by atoms with Gasteiger partial charge in [0.1, 0.15) is 0 Å². The molecule has 26 heavy (non-hydrogen) atoms. The Labute approximate surface area is 161 Å². The van der Waals surface area contributed by atoms with E-state index < -0.39 is 10.0 Å². The Bertz CT molecular complexity index is 851. The van der Waals surface area contributed by atoms with Crippen LogP contribution in [0.1, 0.15) is 19.5 Å². The zero-order valence-corrected chi connectivity index (χ0v) is 16.7. The molecule has 0 spiro atoms. The zero-order chi connectivity index (χ0) is 19.3. The summed E-state index contributed by atoms with van der Waals surface area (Å²) in [4.78, 5) is 16.2. The van der Waals surface area contributed by atoms with E-state index in [-0.39, 0.29) is 40.9 Å². The molecule has 10 heteroatoms. The van der Waals surface area contributed by atoms with Gasteiger partial charge >= 0.3 is 0 Å². The van der Waals surface area contributed by atoms with E-state index in [0.29, 0.717) is 10.7 Å². The minimum Gasteiger partial charge on any atom is -0.394 e. The van der Waals surface area contributed by atoms with Gasteiger partial charge in [-0.3, -0.25) is 9.52 Å². The second-order valence-corrected chi connectivity index (χ2v) is 8.96. The van der Waals surface area contributed by atoms with E-state index in [2.05, 4.69) is 15.0 Å². The first kappa shape index (κ1) is 20.6. The summed E-state index contributed by atoms with van der Waals surface area (Å²) in [6.45, 7) is 3.65. The molecule has 0 radical (unpaired) electrons. The monoisotopic (exact) mass is 417 g/mol. The van der Waals surface area contributed by atoms with Crippen LogP contribution in [0.25, 0.3) is 0 Å². The highest BCUT2D eigenvalue weighted by atomic mass is 35.5. The van der Waals surface area contributed by atoms with Crippen molar-refractivity contribution < 1.29 is 18.3 Å². The number of carbonyl (C=O) groups excluding carboxylic acids is 1. The van der Waals surface area contributed by atoms with E-state index in [0.717, 1.165) is 11.3 Å². The van der Waals surface area contributed by atoms with Crippen LogP contribution in [0.5, 0.6) is 0 Å². The number of anilines is 1. The largest absolute Gasteiger partial charge is 0.394 e. The van der Waals surface area contributed by atoms with Crippen LogP contribution in [-0.2, 0) is 21.2 Å². The molecule has 0 saturated carbocycles. The van der Waals surface area contributed by atoms with Gasteiger partial charge < -0.3 is 10.4 Å². The van der Waals surface area contributed by atoms with Gasteiger partial charge in [0.2, 0.25) is 5.91 Å². The maximum atomic E-state index is 12.3. The molecule has 1 atom stereocenters. The summed E-state index contributed by atoms with van der Waals surface area (Å²) in [5.74, 6) is -0.184. The Balaban J connectivity index is 2.01. The van der Waals surface area contributed by atoms with E-state index >= 15 is 0 Å². The Morgan fingerprint density at radius 3 is 2.54 bits per heavy atom. The third-order valence-corrected chi connectivity index (χ3v) is 6.13. The summed E-state index contributed by atoms with van der Waals surface area (Å²) in [5, 5.41) is 14.2. The number of hydrogen-bond acceptors (Lipinski definition) is 6. The number of amides is 1. The summed E-state index contributed by atoms with van der Waals surface area (Å²) < 4.78 is 27.0. The second kappa shape index (κ2) is 8.81. The zero-order valence-electron chi connectivity index (χ0n) is 14.3. The Kier molecular flexibility index (Phi) is 6.99. The van der Waals surface area contributed by atoms with Crippen molar-refractivity contribution in [1.29, 1.82) is 0 Å². The van der Waals surface area contributed by atoms with Gasteiger partial charge in [0.05, 0.1) is 29.7 Å². The number of aromatic nitrogens is 1.